The van der Waals surface area contributed by atoms with E-state index in [0.717, 1.165) is 0 Å². The van der Waals surface area contributed by atoms with Crippen LogP contribution < -0.4 is 0 Å². The molecule has 0 radical (unpaired) electrons. The summed E-state index contributed by atoms with van der Waals surface area (Å²) < 4.78 is 5.95. The number of hydrogen-bond acceptors (Lipinski definition) is 2. The van der Waals surface area contributed by atoms with Crippen molar-refractivity contribution in [1.82, 2.24) is 4.90 Å². The molecule has 0 aromatic heterocycles. The average Bonchev–Trinajstić information content (AvgIpc) is 2.76. The summed E-state index contributed by atoms with van der Waals surface area (Å²) in [7, 11) is -1.12. The van der Waals surface area contributed by atoms with E-state index in [-0.39, 0.29) is 17.6 Å². The van der Waals surface area contributed by atoms with E-state index in [1.54, 1.807) is 0 Å². The minimum Gasteiger partial charge on any atom is -0.465 e. The van der Waals surface area contributed by atoms with E-state index in [2.05, 4.69) is 33.9 Å². The zero-order valence-electron chi connectivity index (χ0n) is 10.2. The van der Waals surface area contributed by atoms with Gasteiger partial charge in [0.2, 0.25) is 0 Å². The van der Waals surface area contributed by atoms with Crippen molar-refractivity contribution in [1.29, 1.82) is 0 Å². The lowest BCUT2D eigenvalue weighted by Gasteiger charge is -2.32. The molecule has 1 heterocycles. The van der Waals surface area contributed by atoms with E-state index in [4.69, 9.17) is 9.53 Å². The van der Waals surface area contributed by atoms with Crippen LogP contribution >= 0.6 is 0 Å². The molecule has 5 heteroatoms. The first-order chi connectivity index (χ1) is 6.73. The molecular weight excluding hydrogens is 210 g/mol. The van der Waals surface area contributed by atoms with Crippen molar-refractivity contribution >= 4 is 15.1 Å². The number of hydrogen-bond donors (Lipinski definition) is 1. The molecule has 1 rings (SSSR count). The van der Waals surface area contributed by atoms with Gasteiger partial charge in [-0.15, -0.1) is 0 Å². The Morgan fingerprint density at radius 3 is 2.33 bits per heavy atom. The molecular formula is C10H21NO3Si. The van der Waals surface area contributed by atoms with Gasteiger partial charge < -0.3 is 9.53 Å². The molecule has 1 fully saturated rings. The van der Waals surface area contributed by atoms with Crippen LogP contribution in [0.25, 0.3) is 0 Å². The molecule has 1 amide bonds. The van der Waals surface area contributed by atoms with E-state index >= 15 is 0 Å². The van der Waals surface area contributed by atoms with E-state index in [0.29, 0.717) is 6.54 Å². The average molecular weight is 231 g/mol. The van der Waals surface area contributed by atoms with E-state index in [9.17, 15) is 4.79 Å². The topological polar surface area (TPSA) is 49.5 Å². The maximum absolute atomic E-state index is 10.8. The molecule has 4 nitrogen and oxygen atoms in total. The standard InChI is InChI=1S/C10H21NO3Si/c1-10(2,3)8(14-15(4)5)7-6-11(7)9(12)13/h7-8,15H,6H2,1-5H3,(H,12,13). The quantitative estimate of drug-likeness (QED) is 0.595. The van der Waals surface area contributed by atoms with Crippen LogP contribution in [-0.4, -0.2) is 43.8 Å². The summed E-state index contributed by atoms with van der Waals surface area (Å²) in [6.07, 6.45) is -0.788. The Bertz CT molecular complexity index is 250. The lowest BCUT2D eigenvalue weighted by atomic mass is 9.87. The van der Waals surface area contributed by atoms with Crippen LogP contribution in [0.1, 0.15) is 20.8 Å². The number of amides is 1. The largest absolute Gasteiger partial charge is 0.465 e. The summed E-state index contributed by atoms with van der Waals surface area (Å²) in [5, 5.41) is 8.85. The van der Waals surface area contributed by atoms with Crippen LogP contribution in [0.4, 0.5) is 4.79 Å². The van der Waals surface area contributed by atoms with E-state index in [1.165, 1.54) is 4.90 Å². The molecule has 0 aromatic carbocycles. The van der Waals surface area contributed by atoms with E-state index in [1.807, 2.05) is 0 Å². The zero-order chi connectivity index (χ0) is 11.8. The minimum atomic E-state index is -1.12. The first kappa shape index (κ1) is 12.5. The van der Waals surface area contributed by atoms with Gasteiger partial charge in [-0.1, -0.05) is 20.8 Å². The first-order valence-electron chi connectivity index (χ1n) is 5.38. The normalized spacial score (nSPS) is 23.1. The molecule has 0 aromatic rings. The molecule has 15 heavy (non-hydrogen) atoms. The summed E-state index contributed by atoms with van der Waals surface area (Å²) in [5.74, 6) is 0. The molecule has 0 bridgehead atoms. The fourth-order valence-corrected chi connectivity index (χ4v) is 2.97. The van der Waals surface area contributed by atoms with Crippen molar-refractivity contribution in [2.24, 2.45) is 5.41 Å². The smallest absolute Gasteiger partial charge is 0.407 e. The van der Waals surface area contributed by atoms with Crippen LogP contribution in [0.15, 0.2) is 0 Å². The Balaban J connectivity index is 2.64. The van der Waals surface area contributed by atoms with Crippen molar-refractivity contribution in [2.75, 3.05) is 6.54 Å². The highest BCUT2D eigenvalue weighted by molar-refractivity contribution is 6.48. The van der Waals surface area contributed by atoms with Gasteiger partial charge in [-0.05, 0) is 18.5 Å². The molecule has 1 N–H and O–H groups in total. The summed E-state index contributed by atoms with van der Waals surface area (Å²) in [6.45, 7) is 11.2. The Morgan fingerprint density at radius 2 is 2.07 bits per heavy atom. The van der Waals surface area contributed by atoms with E-state index < -0.39 is 15.1 Å². The van der Waals surface area contributed by atoms with Crippen molar-refractivity contribution in [3.63, 3.8) is 0 Å². The second kappa shape index (κ2) is 4.13. The van der Waals surface area contributed by atoms with Gasteiger partial charge >= 0.3 is 6.09 Å². The maximum Gasteiger partial charge on any atom is 0.407 e. The Morgan fingerprint density at radius 1 is 1.53 bits per heavy atom. The molecule has 1 saturated heterocycles. The summed E-state index contributed by atoms with van der Waals surface area (Å²) in [6, 6.07) is 0.0670. The van der Waals surface area contributed by atoms with Gasteiger partial charge in [0.1, 0.15) is 0 Å². The van der Waals surface area contributed by atoms with Crippen LogP contribution in [0.2, 0.25) is 13.1 Å². The second-order valence-corrected chi connectivity index (χ2v) is 7.84. The zero-order valence-corrected chi connectivity index (χ0v) is 11.3. The molecule has 1 aliphatic heterocycles. The molecule has 0 saturated carbocycles. The highest BCUT2D eigenvalue weighted by Crippen LogP contribution is 2.34. The number of nitrogens with zero attached hydrogens (tertiary/aromatic N) is 1. The highest BCUT2D eigenvalue weighted by Gasteiger charge is 2.49. The highest BCUT2D eigenvalue weighted by atomic mass is 28.3. The van der Waals surface area contributed by atoms with Crippen molar-refractivity contribution < 1.29 is 14.3 Å². The Labute approximate surface area is 92.9 Å². The van der Waals surface area contributed by atoms with Crippen LogP contribution in [0.5, 0.6) is 0 Å². The first-order valence-corrected chi connectivity index (χ1v) is 8.16. The van der Waals surface area contributed by atoms with Gasteiger partial charge in [-0.2, -0.15) is 0 Å². The van der Waals surface area contributed by atoms with Gasteiger partial charge in [0.25, 0.3) is 0 Å². The molecule has 2 unspecified atom stereocenters. The number of rotatable bonds is 3. The SMILES string of the molecule is C[SiH](C)OC(C1CN1C(=O)O)C(C)(C)C. The summed E-state index contributed by atoms with van der Waals surface area (Å²) in [4.78, 5) is 12.2. The third-order valence-corrected chi connectivity index (χ3v) is 3.36. The molecule has 1 aliphatic rings. The number of carboxylic acid groups (broad SMARTS) is 1. The lowest BCUT2D eigenvalue weighted by Crippen LogP contribution is -2.39. The number of carbonyl (C=O) groups is 1. The van der Waals surface area contributed by atoms with Crippen LogP contribution in [0, 0.1) is 5.41 Å². The van der Waals surface area contributed by atoms with Gasteiger partial charge in [-0.3, -0.25) is 4.90 Å². The minimum absolute atomic E-state index is 0.00609. The van der Waals surface area contributed by atoms with Crippen molar-refractivity contribution in [2.45, 2.75) is 46.0 Å². The van der Waals surface area contributed by atoms with Gasteiger partial charge in [0, 0.05) is 6.54 Å². The third-order valence-electron chi connectivity index (χ3n) is 2.52. The van der Waals surface area contributed by atoms with Gasteiger partial charge in [-0.25, -0.2) is 4.79 Å². The van der Waals surface area contributed by atoms with Crippen molar-refractivity contribution in [3.05, 3.63) is 0 Å². The predicted molar refractivity (Wildman–Crippen MR) is 61.7 cm³/mol. The Kier molecular flexibility index (Phi) is 3.45. The van der Waals surface area contributed by atoms with Gasteiger partial charge in [0.05, 0.1) is 12.1 Å². The van der Waals surface area contributed by atoms with Crippen molar-refractivity contribution in [3.8, 4) is 0 Å². The predicted octanol–water partition coefficient (Wildman–Crippen LogP) is 1.76. The molecule has 88 valence electrons. The monoisotopic (exact) mass is 231 g/mol. The fraction of sp³-hybridized carbons (Fsp3) is 0.900. The molecule has 0 aliphatic carbocycles. The molecule has 2 atom stereocenters. The molecule has 0 spiro atoms. The lowest BCUT2D eigenvalue weighted by molar-refractivity contribution is 0.0721. The maximum atomic E-state index is 10.8. The van der Waals surface area contributed by atoms with Crippen LogP contribution in [-0.2, 0) is 4.43 Å². The van der Waals surface area contributed by atoms with Crippen LogP contribution in [0.3, 0.4) is 0 Å². The Hall–Kier alpha value is -0.553. The third kappa shape index (κ3) is 3.20. The fourth-order valence-electron chi connectivity index (χ4n) is 1.80. The second-order valence-electron chi connectivity index (χ2n) is 5.47. The summed E-state index contributed by atoms with van der Waals surface area (Å²) >= 11 is 0. The summed E-state index contributed by atoms with van der Waals surface area (Å²) in [5.41, 5.74) is 0.00609. The van der Waals surface area contributed by atoms with Gasteiger partial charge in [0.15, 0.2) is 9.04 Å².